The lowest BCUT2D eigenvalue weighted by Crippen LogP contribution is -2.10. The molecule has 2 aromatic heterocycles. The highest BCUT2D eigenvalue weighted by Crippen LogP contribution is 2.45. The molecule has 15 aromatic carbocycles. The van der Waals surface area contributed by atoms with E-state index in [-0.39, 0.29) is 0 Å². The molecule has 4 heteroatoms. The molecule has 3 nitrogen and oxygen atoms in total. The number of anilines is 6. The lowest BCUT2D eigenvalue weighted by Gasteiger charge is -2.27. The molecule has 0 fully saturated rings. The molecule has 0 aliphatic rings. The number of rotatable bonds is 15. The molecule has 458 valence electrons. The fourth-order valence-corrected chi connectivity index (χ4v) is 15.4. The van der Waals surface area contributed by atoms with E-state index in [1.807, 2.05) is 29.5 Å². The van der Waals surface area contributed by atoms with E-state index in [1.54, 1.807) is 0 Å². The van der Waals surface area contributed by atoms with Crippen molar-refractivity contribution >= 4 is 120 Å². The Labute approximate surface area is 569 Å². The largest absolute Gasteiger partial charge is 0.456 e. The fourth-order valence-electron chi connectivity index (χ4n) is 14.2. The number of allylic oxidation sites excluding steroid dienone is 5. The minimum atomic E-state index is 0.845. The van der Waals surface area contributed by atoms with Crippen molar-refractivity contribution in [2.75, 3.05) is 9.80 Å². The highest BCUT2D eigenvalue weighted by molar-refractivity contribution is 7.25. The van der Waals surface area contributed by atoms with Crippen LogP contribution in [0.2, 0.25) is 0 Å². The summed E-state index contributed by atoms with van der Waals surface area (Å²) in [6.07, 6.45) is 6.30. The quantitative estimate of drug-likeness (QED) is 0.0954. The summed E-state index contributed by atoms with van der Waals surface area (Å²) in [5.41, 5.74) is 24.2. The number of hydrogen-bond acceptors (Lipinski definition) is 4. The van der Waals surface area contributed by atoms with Gasteiger partial charge in [0.2, 0.25) is 0 Å². The van der Waals surface area contributed by atoms with Crippen molar-refractivity contribution < 1.29 is 4.42 Å². The molecule has 0 radical (unpaired) electrons. The number of benzene rings is 15. The third-order valence-corrected chi connectivity index (χ3v) is 20.0. The molecule has 97 heavy (non-hydrogen) atoms. The summed E-state index contributed by atoms with van der Waals surface area (Å²) in [4.78, 5) is 4.75. The van der Waals surface area contributed by atoms with Crippen LogP contribution in [0.15, 0.2) is 369 Å². The second-order valence-electron chi connectivity index (χ2n) is 24.9. The van der Waals surface area contributed by atoms with Gasteiger partial charge in [0.05, 0.1) is 0 Å². The Morgan fingerprint density at radius 1 is 0.320 bits per heavy atom. The average molecular weight is 1260 g/mol. The molecule has 0 atom stereocenters. The molecule has 0 N–H and O–H groups in total. The summed E-state index contributed by atoms with van der Waals surface area (Å²) >= 11 is 1.85. The second-order valence-corrected chi connectivity index (χ2v) is 26.0. The predicted molar refractivity (Wildman–Crippen MR) is 416 cm³/mol. The van der Waals surface area contributed by atoms with Crippen LogP contribution >= 0.6 is 11.3 Å². The molecular weight excluding hydrogens is 1190 g/mol. The summed E-state index contributed by atoms with van der Waals surface area (Å²) < 4.78 is 9.04. The molecule has 0 saturated heterocycles. The van der Waals surface area contributed by atoms with Gasteiger partial charge < -0.3 is 14.2 Å². The van der Waals surface area contributed by atoms with Gasteiger partial charge >= 0.3 is 0 Å². The molecule has 0 spiro atoms. The summed E-state index contributed by atoms with van der Waals surface area (Å²) in [7, 11) is 0. The first-order chi connectivity index (χ1) is 47.9. The van der Waals surface area contributed by atoms with Crippen LogP contribution in [0.25, 0.3) is 130 Å². The van der Waals surface area contributed by atoms with Crippen LogP contribution in [0.3, 0.4) is 0 Å². The van der Waals surface area contributed by atoms with E-state index >= 15 is 0 Å². The van der Waals surface area contributed by atoms with E-state index in [1.165, 1.54) is 64.0 Å². The number of fused-ring (bicyclic) bond motifs is 8. The zero-order valence-corrected chi connectivity index (χ0v) is 54.3. The Bertz CT molecular complexity index is 5960. The fraction of sp³-hybridized carbons (Fsp3) is 0.0108. The van der Waals surface area contributed by atoms with Gasteiger partial charge in [-0.25, -0.2) is 0 Å². The maximum atomic E-state index is 6.49. The molecule has 0 unspecified atom stereocenters. The Hall–Kier alpha value is -12.3. The van der Waals surface area contributed by atoms with E-state index in [2.05, 4.69) is 363 Å². The Morgan fingerprint density at radius 3 is 1.52 bits per heavy atom. The number of hydrogen-bond donors (Lipinski definition) is 0. The summed E-state index contributed by atoms with van der Waals surface area (Å²) in [5, 5.41) is 9.62. The first kappa shape index (κ1) is 58.5. The van der Waals surface area contributed by atoms with Crippen molar-refractivity contribution in [2.24, 2.45) is 0 Å². The minimum Gasteiger partial charge on any atom is -0.456 e. The topological polar surface area (TPSA) is 19.6 Å². The van der Waals surface area contributed by atoms with Crippen molar-refractivity contribution in [2.45, 2.75) is 6.92 Å². The van der Waals surface area contributed by atoms with E-state index < -0.39 is 0 Å². The number of thiophene rings is 1. The molecule has 0 amide bonds. The average Bonchev–Trinajstić information content (AvgIpc) is 1.40. The van der Waals surface area contributed by atoms with E-state index in [4.69, 9.17) is 4.42 Å². The Kier molecular flexibility index (Phi) is 15.2. The van der Waals surface area contributed by atoms with Crippen LogP contribution in [-0.2, 0) is 0 Å². The van der Waals surface area contributed by atoms with Crippen molar-refractivity contribution in [3.8, 4) is 55.6 Å². The van der Waals surface area contributed by atoms with Crippen LogP contribution in [0.1, 0.15) is 18.1 Å². The van der Waals surface area contributed by atoms with Crippen LogP contribution in [0, 0.1) is 0 Å². The first-order valence-corrected chi connectivity index (χ1v) is 33.9. The van der Waals surface area contributed by atoms with Crippen molar-refractivity contribution in [3.05, 3.63) is 376 Å². The second kappa shape index (κ2) is 25.2. The van der Waals surface area contributed by atoms with E-state index in [0.717, 1.165) is 112 Å². The summed E-state index contributed by atoms with van der Waals surface area (Å²) in [6, 6.07) is 124. The van der Waals surface area contributed by atoms with E-state index in [0.29, 0.717) is 0 Å². The normalized spacial score (nSPS) is 11.9. The zero-order chi connectivity index (χ0) is 64.8. The molecule has 0 saturated carbocycles. The highest BCUT2D eigenvalue weighted by Gasteiger charge is 2.21. The van der Waals surface area contributed by atoms with Crippen LogP contribution in [-0.4, -0.2) is 0 Å². The van der Waals surface area contributed by atoms with Gasteiger partial charge in [-0.1, -0.05) is 255 Å². The van der Waals surface area contributed by atoms with Gasteiger partial charge in [-0.3, -0.25) is 0 Å². The van der Waals surface area contributed by atoms with Gasteiger partial charge in [0.1, 0.15) is 11.2 Å². The third-order valence-electron chi connectivity index (χ3n) is 18.9. The zero-order valence-electron chi connectivity index (χ0n) is 53.5. The molecule has 2 heterocycles. The van der Waals surface area contributed by atoms with Crippen LogP contribution in [0.5, 0.6) is 0 Å². The van der Waals surface area contributed by atoms with Crippen LogP contribution < -0.4 is 9.80 Å². The lowest BCUT2D eigenvalue weighted by atomic mass is 9.93. The number of furan rings is 1. The van der Waals surface area contributed by atoms with Crippen molar-refractivity contribution in [1.29, 1.82) is 0 Å². The van der Waals surface area contributed by atoms with Gasteiger partial charge in [-0.15, -0.1) is 11.3 Å². The molecule has 17 rings (SSSR count). The Balaban J connectivity index is 0.689. The smallest absolute Gasteiger partial charge is 0.137 e. The summed E-state index contributed by atoms with van der Waals surface area (Å²) in [6.45, 7) is 6.43. The van der Waals surface area contributed by atoms with Crippen molar-refractivity contribution in [3.63, 3.8) is 0 Å². The molecule has 0 aliphatic carbocycles. The van der Waals surface area contributed by atoms with Gasteiger partial charge in [-0.2, -0.15) is 0 Å². The van der Waals surface area contributed by atoms with Gasteiger partial charge in [-0.05, 0) is 210 Å². The molecule has 17 aromatic rings. The SMILES string of the molecule is C=C/C=C(\C=C(/C)c1cccc2cc(-c3cccc(-c4cccc(N(c5cccc(-c6cccc(-c7cccc8ccccc78)c6)c5)c5ccc6c(c5)sc5ccccc56)c4)c3)ccc12)c1cccc(N(c2cccc(-c3ccccc3)c2)c2ccc3c(c2)oc2ccccc23)c1. The third kappa shape index (κ3) is 11.3. The van der Waals surface area contributed by atoms with Crippen molar-refractivity contribution in [1.82, 2.24) is 0 Å². The van der Waals surface area contributed by atoms with Gasteiger partial charge in [0.15, 0.2) is 0 Å². The van der Waals surface area contributed by atoms with Gasteiger partial charge in [0.25, 0.3) is 0 Å². The van der Waals surface area contributed by atoms with Gasteiger partial charge in [0, 0.05) is 71.1 Å². The number of para-hydroxylation sites is 1. The number of nitrogens with zero attached hydrogens (tertiary/aromatic N) is 2. The monoisotopic (exact) mass is 1260 g/mol. The molecule has 0 aliphatic heterocycles. The Morgan fingerprint density at radius 2 is 0.794 bits per heavy atom. The van der Waals surface area contributed by atoms with Crippen LogP contribution in [0.4, 0.5) is 34.1 Å². The minimum absolute atomic E-state index is 0.845. The maximum Gasteiger partial charge on any atom is 0.137 e. The first-order valence-electron chi connectivity index (χ1n) is 33.0. The summed E-state index contributed by atoms with van der Waals surface area (Å²) in [5.74, 6) is 0. The molecule has 0 bridgehead atoms. The molecular formula is C93H64N2OS. The van der Waals surface area contributed by atoms with E-state index in [9.17, 15) is 0 Å². The maximum absolute atomic E-state index is 6.49. The lowest BCUT2D eigenvalue weighted by molar-refractivity contribution is 0.669. The predicted octanol–water partition coefficient (Wildman–Crippen LogP) is 27.2. The highest BCUT2D eigenvalue weighted by atomic mass is 32.1. The standard InChI is InChI=1S/C93H64N2OS/c1-3-21-65(70-30-16-36-77(57-70)94(76-35-15-29-69(56-76)63-22-5-4-6-23-63)80-47-50-87-86-40-9-11-44-90(86)96-91(87)60-80)52-62(2)82-42-20-34-75-55-73(46-49-85(75)82)67-27-13-26-66(53-67)71-31-17-37-78(58-71)95(81-48-51-89-88-41-10-12-45-92(88)97-93(89)61-81)79-38-18-32-72(59-79)68-28-14-33-74(54-68)84-43-19-25-64-24-7-8-39-83(64)84/h3-61H,1H2,2H3/b62-52+,65-21+.